The topological polar surface area (TPSA) is 129 Å². The van der Waals surface area contributed by atoms with Crippen LogP contribution >= 0.6 is 0 Å². The minimum absolute atomic E-state index is 0.0670. The van der Waals surface area contributed by atoms with E-state index in [0.717, 1.165) is 49.7 Å². The summed E-state index contributed by atoms with van der Waals surface area (Å²) in [6, 6.07) is 4.17. The van der Waals surface area contributed by atoms with Gasteiger partial charge in [0.2, 0.25) is 5.91 Å². The quantitative estimate of drug-likeness (QED) is 0.196. The van der Waals surface area contributed by atoms with Gasteiger partial charge in [-0.3, -0.25) is 24.2 Å². The first-order valence-corrected chi connectivity index (χ1v) is 16.1. The number of hydrogen-bond donors (Lipinski definition) is 1. The third kappa shape index (κ3) is 11.7. The number of anilines is 1. The van der Waals surface area contributed by atoms with E-state index < -0.39 is 29.4 Å². The standard InChI is InChI=1S/C29H43N5O7.2C2H6/c1-29(2,3)41-28(39)31(5)11-7-18-40-19-16-32-12-14-33(15-13-32)21-9-10-22-23(20-21)27(38)34(26(22)37)24(8-6-17-35)25(36)30-4;2*1-2/h9-10,17,20,24H,6-8,11-16,18-19H2,1-5H3,(H,30,36);2*1-2H3. The fourth-order valence-electron chi connectivity index (χ4n) is 4.86. The number of carbonyl (C=O) groups excluding carboxylic acids is 5. The molecule has 254 valence electrons. The van der Waals surface area contributed by atoms with E-state index in [2.05, 4.69) is 15.1 Å². The average molecular weight is 634 g/mol. The second-order valence-corrected chi connectivity index (χ2v) is 11.3. The number of fused-ring (bicyclic) bond motifs is 1. The average Bonchev–Trinajstić information content (AvgIpc) is 3.28. The van der Waals surface area contributed by atoms with Crippen LogP contribution in [0.4, 0.5) is 10.5 Å². The number of nitrogens with zero attached hydrogens (tertiary/aromatic N) is 4. The molecule has 2 aliphatic rings. The number of piperazine rings is 1. The van der Waals surface area contributed by atoms with Crippen molar-refractivity contribution in [2.75, 3.05) is 71.5 Å². The third-order valence-electron chi connectivity index (χ3n) is 7.10. The lowest BCUT2D eigenvalue weighted by molar-refractivity contribution is -0.124. The van der Waals surface area contributed by atoms with E-state index >= 15 is 0 Å². The molecule has 0 bridgehead atoms. The van der Waals surface area contributed by atoms with E-state index in [1.165, 1.54) is 7.05 Å². The van der Waals surface area contributed by atoms with E-state index in [-0.39, 0.29) is 30.1 Å². The van der Waals surface area contributed by atoms with Crippen LogP contribution in [0, 0.1) is 0 Å². The van der Waals surface area contributed by atoms with Crippen LogP contribution in [0.1, 0.15) is 88.4 Å². The Bertz CT molecular complexity index is 1110. The maximum absolute atomic E-state index is 13.2. The van der Waals surface area contributed by atoms with Crippen molar-refractivity contribution in [1.82, 2.24) is 20.0 Å². The summed E-state index contributed by atoms with van der Waals surface area (Å²) in [5.41, 5.74) is 0.883. The molecule has 1 N–H and O–H groups in total. The maximum atomic E-state index is 13.2. The molecule has 45 heavy (non-hydrogen) atoms. The van der Waals surface area contributed by atoms with Gasteiger partial charge in [-0.1, -0.05) is 27.7 Å². The minimum Gasteiger partial charge on any atom is -0.444 e. The van der Waals surface area contributed by atoms with Gasteiger partial charge in [0.05, 0.1) is 17.7 Å². The molecule has 1 unspecified atom stereocenters. The Labute approximate surface area is 269 Å². The second kappa shape index (κ2) is 19.8. The van der Waals surface area contributed by atoms with E-state index in [1.807, 2.05) is 54.5 Å². The first-order valence-electron chi connectivity index (χ1n) is 16.1. The van der Waals surface area contributed by atoms with Crippen molar-refractivity contribution >= 4 is 35.8 Å². The third-order valence-corrected chi connectivity index (χ3v) is 7.10. The molecule has 1 fully saturated rings. The SMILES string of the molecule is CC.CC.CNC(=O)C(CCC=O)N1C(=O)c2ccc(N3CCN(CCOCCCN(C)C(=O)OC(C)(C)C)CC3)cc2C1=O. The van der Waals surface area contributed by atoms with Gasteiger partial charge in [0.1, 0.15) is 17.9 Å². The van der Waals surface area contributed by atoms with Crippen molar-refractivity contribution in [3.8, 4) is 0 Å². The highest BCUT2D eigenvalue weighted by Gasteiger charge is 2.42. The van der Waals surface area contributed by atoms with Crippen molar-refractivity contribution in [3.63, 3.8) is 0 Å². The van der Waals surface area contributed by atoms with Crippen molar-refractivity contribution in [2.45, 2.75) is 79.4 Å². The van der Waals surface area contributed by atoms with Gasteiger partial charge in [0.25, 0.3) is 11.8 Å². The zero-order chi connectivity index (χ0) is 34.2. The fourth-order valence-corrected chi connectivity index (χ4v) is 4.86. The molecular formula is C33H55N5O7. The molecule has 12 heteroatoms. The number of ether oxygens (including phenoxy) is 2. The fraction of sp³-hybridized carbons (Fsp3) is 0.667. The van der Waals surface area contributed by atoms with Crippen molar-refractivity contribution in [1.29, 1.82) is 0 Å². The number of hydrogen-bond acceptors (Lipinski definition) is 9. The Hall–Kier alpha value is -3.51. The lowest BCUT2D eigenvalue weighted by atomic mass is 10.1. The normalized spacial score (nSPS) is 15.2. The Balaban J connectivity index is 0.00000243. The van der Waals surface area contributed by atoms with Crippen LogP contribution in [0.2, 0.25) is 0 Å². The Kier molecular flexibility index (Phi) is 17.4. The van der Waals surface area contributed by atoms with Gasteiger partial charge in [-0.05, 0) is 51.8 Å². The number of nitrogens with one attached hydrogen (secondary N) is 1. The molecule has 1 atom stereocenters. The predicted octanol–water partition coefficient (Wildman–Crippen LogP) is 3.82. The monoisotopic (exact) mass is 633 g/mol. The molecule has 2 aliphatic heterocycles. The van der Waals surface area contributed by atoms with E-state index in [0.29, 0.717) is 26.0 Å². The molecule has 0 saturated carbocycles. The van der Waals surface area contributed by atoms with Gasteiger partial charge >= 0.3 is 6.09 Å². The van der Waals surface area contributed by atoms with Crippen LogP contribution in [0.15, 0.2) is 18.2 Å². The number of aldehydes is 1. The van der Waals surface area contributed by atoms with Gasteiger partial charge in [-0.2, -0.15) is 0 Å². The summed E-state index contributed by atoms with van der Waals surface area (Å²) in [6.45, 7) is 19.2. The first kappa shape index (κ1) is 39.5. The van der Waals surface area contributed by atoms with Gasteiger partial charge in [0.15, 0.2) is 0 Å². The lowest BCUT2D eigenvalue weighted by Gasteiger charge is -2.36. The van der Waals surface area contributed by atoms with Gasteiger partial charge < -0.3 is 29.4 Å². The summed E-state index contributed by atoms with van der Waals surface area (Å²) in [5.74, 6) is -1.51. The Morgan fingerprint density at radius 1 is 1.00 bits per heavy atom. The van der Waals surface area contributed by atoms with Crippen LogP contribution in [0.5, 0.6) is 0 Å². The molecule has 3 rings (SSSR count). The van der Waals surface area contributed by atoms with Crippen LogP contribution in [0.25, 0.3) is 0 Å². The largest absolute Gasteiger partial charge is 0.444 e. The Morgan fingerprint density at radius 2 is 1.62 bits per heavy atom. The van der Waals surface area contributed by atoms with Crippen molar-refractivity contribution in [3.05, 3.63) is 29.3 Å². The molecule has 2 heterocycles. The Morgan fingerprint density at radius 3 is 2.20 bits per heavy atom. The molecule has 0 aromatic heterocycles. The van der Waals surface area contributed by atoms with Crippen LogP contribution < -0.4 is 10.2 Å². The van der Waals surface area contributed by atoms with Crippen LogP contribution in [0.3, 0.4) is 0 Å². The van der Waals surface area contributed by atoms with E-state index in [1.54, 1.807) is 24.1 Å². The minimum atomic E-state index is -1.03. The number of likely N-dealkylation sites (N-methyl/N-ethyl adjacent to an activating group) is 1. The smallest absolute Gasteiger partial charge is 0.410 e. The maximum Gasteiger partial charge on any atom is 0.410 e. The number of carbonyl (C=O) groups is 5. The predicted molar refractivity (Wildman–Crippen MR) is 176 cm³/mol. The summed E-state index contributed by atoms with van der Waals surface area (Å²) in [4.78, 5) is 68.5. The van der Waals surface area contributed by atoms with Crippen molar-refractivity contribution < 1.29 is 33.4 Å². The summed E-state index contributed by atoms with van der Waals surface area (Å²) in [5, 5.41) is 2.48. The van der Waals surface area contributed by atoms with Crippen LogP contribution in [-0.4, -0.2) is 123 Å². The van der Waals surface area contributed by atoms with Gasteiger partial charge in [0, 0.05) is 72.1 Å². The summed E-state index contributed by atoms with van der Waals surface area (Å²) < 4.78 is 11.1. The molecule has 1 saturated heterocycles. The van der Waals surface area contributed by atoms with E-state index in [4.69, 9.17) is 9.47 Å². The highest BCUT2D eigenvalue weighted by molar-refractivity contribution is 6.23. The highest BCUT2D eigenvalue weighted by atomic mass is 16.6. The zero-order valence-corrected chi connectivity index (χ0v) is 28.8. The number of imide groups is 1. The zero-order valence-electron chi connectivity index (χ0n) is 28.8. The van der Waals surface area contributed by atoms with Gasteiger partial charge in [-0.25, -0.2) is 4.79 Å². The lowest BCUT2D eigenvalue weighted by Crippen LogP contribution is -2.48. The van der Waals surface area contributed by atoms with Crippen molar-refractivity contribution in [2.24, 2.45) is 0 Å². The molecule has 12 nitrogen and oxygen atoms in total. The number of rotatable bonds is 13. The first-order chi connectivity index (χ1) is 21.5. The molecule has 1 aromatic carbocycles. The summed E-state index contributed by atoms with van der Waals surface area (Å²) in [7, 11) is 3.15. The molecule has 1 aromatic rings. The number of amides is 4. The summed E-state index contributed by atoms with van der Waals surface area (Å²) in [6.07, 6.45) is 1.20. The highest BCUT2D eigenvalue weighted by Crippen LogP contribution is 2.30. The second-order valence-electron chi connectivity index (χ2n) is 11.3. The van der Waals surface area contributed by atoms with Crippen LogP contribution in [-0.2, 0) is 19.1 Å². The molecular weight excluding hydrogens is 578 g/mol. The van der Waals surface area contributed by atoms with E-state index in [9.17, 15) is 24.0 Å². The molecule has 0 radical (unpaired) electrons. The molecule has 0 spiro atoms. The van der Waals surface area contributed by atoms with Gasteiger partial charge in [-0.15, -0.1) is 0 Å². The summed E-state index contributed by atoms with van der Waals surface area (Å²) >= 11 is 0. The molecule has 4 amide bonds. The molecule has 0 aliphatic carbocycles. The number of benzene rings is 1.